The van der Waals surface area contributed by atoms with Gasteiger partial charge in [-0.15, -0.1) is 48.1 Å². The van der Waals surface area contributed by atoms with Crippen molar-refractivity contribution >= 4 is 44.6 Å². The molecule has 0 saturated carbocycles. The third kappa shape index (κ3) is 8.83. The van der Waals surface area contributed by atoms with E-state index in [0.717, 1.165) is 44.6 Å². The molecule has 10 rings (SSSR count). The Morgan fingerprint density at radius 1 is 0.597 bits per heavy atom. The SMILES string of the molecule is [2H]c1c([2H])c([2H])c(-c2cnc(-n3c4[c-]c(Oc5[c-]c(N6[CH-]N(c7cc(C(C)(C)C)cc(C(C)(C)C)c7)c7ccccc76)ccc5)ccc4c4cc(-c5cccc(C(C)(C)C)c5)ccc43)cc2C([2H])([2H])[2H])c([2H])c1[2H].[Pt]. The van der Waals surface area contributed by atoms with Crippen LogP contribution < -0.4 is 14.5 Å². The van der Waals surface area contributed by atoms with Crippen LogP contribution in [0.15, 0.2) is 158 Å². The quantitative estimate of drug-likeness (QED) is 0.149. The largest absolute Gasteiger partial charge is 0.509 e. The molecule has 0 fully saturated rings. The van der Waals surface area contributed by atoms with Crippen molar-refractivity contribution in [1.29, 1.82) is 0 Å². The number of nitrogens with zero attached hydrogens (tertiary/aromatic N) is 4. The molecular formula is C61H57N4OPt-3. The summed E-state index contributed by atoms with van der Waals surface area (Å²) in [6.45, 7) is 19.3. The van der Waals surface area contributed by atoms with E-state index in [1.807, 2.05) is 53.1 Å². The maximum atomic E-state index is 8.71. The number of aryl methyl sites for hydroxylation is 1. The molecule has 0 saturated heterocycles. The number of ether oxygens (including phenoxy) is 1. The zero-order valence-corrected chi connectivity index (χ0v) is 41.5. The second-order valence-corrected chi connectivity index (χ2v) is 20.2. The zero-order chi connectivity index (χ0) is 53.0. The van der Waals surface area contributed by atoms with Gasteiger partial charge in [-0.25, -0.2) is 4.98 Å². The second-order valence-electron chi connectivity index (χ2n) is 20.2. The Morgan fingerprint density at radius 2 is 1.27 bits per heavy atom. The van der Waals surface area contributed by atoms with E-state index < -0.39 is 37.1 Å². The Balaban J connectivity index is 0.00000689. The Hall–Kier alpha value is -6.42. The van der Waals surface area contributed by atoms with Gasteiger partial charge in [0.15, 0.2) is 0 Å². The molecule has 9 aromatic rings. The van der Waals surface area contributed by atoms with E-state index in [1.54, 1.807) is 0 Å². The van der Waals surface area contributed by atoms with Crippen LogP contribution in [-0.2, 0) is 37.3 Å². The molecule has 0 spiro atoms. The van der Waals surface area contributed by atoms with Crippen LogP contribution >= 0.6 is 0 Å². The fourth-order valence-electron chi connectivity index (χ4n) is 8.60. The molecule has 340 valence electrons. The summed E-state index contributed by atoms with van der Waals surface area (Å²) in [5, 5.41) is 1.66. The van der Waals surface area contributed by atoms with Gasteiger partial charge in [-0.1, -0.05) is 153 Å². The van der Waals surface area contributed by atoms with Crippen molar-refractivity contribution in [3.8, 4) is 39.6 Å². The summed E-state index contributed by atoms with van der Waals surface area (Å²) in [5.74, 6) is 1.05. The van der Waals surface area contributed by atoms with Crippen LogP contribution in [0.25, 0.3) is 49.9 Å². The molecule has 1 aliphatic heterocycles. The minimum Gasteiger partial charge on any atom is -0.509 e. The number of pyridine rings is 1. The molecule has 0 amide bonds. The molecule has 7 aromatic carbocycles. The Bertz CT molecular complexity index is 3650. The van der Waals surface area contributed by atoms with Crippen LogP contribution in [0.5, 0.6) is 11.5 Å². The van der Waals surface area contributed by atoms with Crippen molar-refractivity contribution in [2.24, 2.45) is 0 Å². The molecule has 0 aliphatic carbocycles. The Labute approximate surface area is 422 Å². The standard InChI is InChI=1S/C61H57N4O.Pt/c1-40-30-58(62-38-53(40)41-18-12-11-13-19-41)65-54-29-26-43(42-20-16-21-44(31-42)59(2,3)4)32-52(54)51-28-27-50(37-57(51)65)66-49-23-17-22-47(36-49)63-39-64(56-25-15-14-24-55(56)63)48-34-45(60(5,6)7)33-46(35-48)61(8,9)10;/h11-35,38-39H,1-10H3;/q-3;/i1D3,11D,12D,13D,18D,19D;. The first-order valence-corrected chi connectivity index (χ1v) is 22.4. The summed E-state index contributed by atoms with van der Waals surface area (Å²) in [7, 11) is 0. The average Bonchev–Trinajstić information content (AvgIpc) is 3.90. The van der Waals surface area contributed by atoms with Gasteiger partial charge in [0.05, 0.1) is 6.85 Å². The predicted octanol–water partition coefficient (Wildman–Crippen LogP) is 16.5. The number of anilines is 4. The molecule has 6 heteroatoms. The first-order chi connectivity index (χ1) is 34.8. The molecule has 5 nitrogen and oxygen atoms in total. The van der Waals surface area contributed by atoms with Gasteiger partial charge in [-0.05, 0) is 104 Å². The van der Waals surface area contributed by atoms with Crippen LogP contribution in [0, 0.1) is 25.7 Å². The van der Waals surface area contributed by atoms with Gasteiger partial charge in [-0.2, -0.15) is 12.1 Å². The van der Waals surface area contributed by atoms with E-state index >= 15 is 0 Å². The van der Waals surface area contributed by atoms with Gasteiger partial charge in [-0.3, -0.25) is 0 Å². The van der Waals surface area contributed by atoms with E-state index in [9.17, 15) is 0 Å². The summed E-state index contributed by atoms with van der Waals surface area (Å²) in [4.78, 5) is 9.15. The molecule has 1 aliphatic rings. The second kappa shape index (κ2) is 17.3. The minimum atomic E-state index is -2.77. The van der Waals surface area contributed by atoms with E-state index in [1.165, 1.54) is 29.0 Å². The maximum absolute atomic E-state index is 8.71. The monoisotopic (exact) mass is 1060 g/mol. The Morgan fingerprint density at radius 3 is 1.97 bits per heavy atom. The third-order valence-electron chi connectivity index (χ3n) is 12.4. The fraction of sp³-hybridized carbons (Fsp3) is 0.213. The van der Waals surface area contributed by atoms with Gasteiger partial charge in [0.1, 0.15) is 5.82 Å². The number of aromatic nitrogens is 2. The van der Waals surface area contributed by atoms with Crippen LogP contribution in [0.3, 0.4) is 0 Å². The van der Waals surface area contributed by atoms with Crippen LogP contribution in [-0.4, -0.2) is 9.55 Å². The summed E-state index contributed by atoms with van der Waals surface area (Å²) in [6, 6.07) is 45.1. The van der Waals surface area contributed by atoms with E-state index in [4.69, 9.17) is 20.7 Å². The molecule has 0 bridgehead atoms. The van der Waals surface area contributed by atoms with Gasteiger partial charge in [0, 0.05) is 71.0 Å². The van der Waals surface area contributed by atoms with Gasteiger partial charge >= 0.3 is 0 Å². The first kappa shape index (κ1) is 36.7. The maximum Gasteiger partial charge on any atom is 0.135 e. The summed E-state index contributed by atoms with van der Waals surface area (Å²) in [6.07, 6.45) is 1.29. The van der Waals surface area contributed by atoms with E-state index in [2.05, 4.69) is 158 Å². The molecule has 67 heavy (non-hydrogen) atoms. The van der Waals surface area contributed by atoms with Crippen LogP contribution in [0.4, 0.5) is 22.7 Å². The number of rotatable bonds is 7. The molecule has 0 radical (unpaired) electrons. The van der Waals surface area contributed by atoms with Gasteiger partial charge < -0.3 is 19.1 Å². The van der Waals surface area contributed by atoms with Crippen LogP contribution in [0.2, 0.25) is 0 Å². The Kier molecular flexibility index (Phi) is 9.49. The van der Waals surface area contributed by atoms with E-state index in [-0.39, 0.29) is 59.8 Å². The molecule has 0 N–H and O–H groups in total. The summed E-state index contributed by atoms with van der Waals surface area (Å²) in [5.41, 5.74) is 10.1. The topological polar surface area (TPSA) is 33.5 Å². The average molecular weight is 1070 g/mol. The molecular weight excluding hydrogens is 1000 g/mol. The number of benzene rings is 7. The predicted molar refractivity (Wildman–Crippen MR) is 276 cm³/mol. The molecule has 0 unspecified atom stereocenters. The molecule has 0 atom stereocenters. The first-order valence-electron chi connectivity index (χ1n) is 26.4. The smallest absolute Gasteiger partial charge is 0.135 e. The molecule has 2 aromatic heterocycles. The molecule has 3 heterocycles. The van der Waals surface area contributed by atoms with Crippen molar-refractivity contribution < 1.29 is 36.8 Å². The summed E-state index contributed by atoms with van der Waals surface area (Å²) < 4.78 is 76.8. The van der Waals surface area contributed by atoms with Crippen molar-refractivity contribution in [2.75, 3.05) is 9.80 Å². The zero-order valence-electron chi connectivity index (χ0n) is 47.2. The van der Waals surface area contributed by atoms with Crippen molar-refractivity contribution in [1.82, 2.24) is 9.55 Å². The third-order valence-corrected chi connectivity index (χ3v) is 12.4. The van der Waals surface area contributed by atoms with Crippen molar-refractivity contribution in [3.63, 3.8) is 0 Å². The van der Waals surface area contributed by atoms with Crippen LogP contribution in [0.1, 0.15) is 95.5 Å². The minimum absolute atomic E-state index is 0. The van der Waals surface area contributed by atoms with Gasteiger partial charge in [0.25, 0.3) is 0 Å². The fourth-order valence-corrected chi connectivity index (χ4v) is 8.60. The van der Waals surface area contributed by atoms with E-state index in [0.29, 0.717) is 22.5 Å². The number of hydrogen-bond acceptors (Lipinski definition) is 4. The van der Waals surface area contributed by atoms with Gasteiger partial charge in [0.2, 0.25) is 0 Å². The normalized spacial score (nSPS) is 14.9. The summed E-state index contributed by atoms with van der Waals surface area (Å²) >= 11 is 0. The van der Waals surface area contributed by atoms with Crippen molar-refractivity contribution in [2.45, 2.75) is 85.4 Å². The van der Waals surface area contributed by atoms with Crippen molar-refractivity contribution in [3.05, 3.63) is 199 Å². The number of hydrogen-bond donors (Lipinski definition) is 0. The number of para-hydroxylation sites is 2. The number of fused-ring (bicyclic) bond motifs is 4.